The minimum atomic E-state index is -0.280. The topological polar surface area (TPSA) is 94.6 Å². The Morgan fingerprint density at radius 2 is 2.18 bits per heavy atom. The summed E-state index contributed by atoms with van der Waals surface area (Å²) in [5, 5.41) is 8.11. The molecule has 178 valence electrons. The summed E-state index contributed by atoms with van der Waals surface area (Å²) in [4.78, 5) is 21.2. The van der Waals surface area contributed by atoms with Crippen LogP contribution >= 0.6 is 27.5 Å². The zero-order valence-electron chi connectivity index (χ0n) is 18.5. The zero-order valence-corrected chi connectivity index (χ0v) is 20.9. The van der Waals surface area contributed by atoms with Gasteiger partial charge < -0.3 is 24.8 Å². The van der Waals surface area contributed by atoms with Crippen molar-refractivity contribution in [3.05, 3.63) is 59.4 Å². The molecule has 1 aliphatic heterocycles. The summed E-state index contributed by atoms with van der Waals surface area (Å²) < 4.78 is 17.1. The van der Waals surface area contributed by atoms with Crippen molar-refractivity contribution in [2.75, 3.05) is 42.4 Å². The van der Waals surface area contributed by atoms with E-state index in [9.17, 15) is 4.79 Å². The van der Waals surface area contributed by atoms with Gasteiger partial charge in [0.25, 0.3) is 0 Å². The summed E-state index contributed by atoms with van der Waals surface area (Å²) in [6, 6.07) is 9.26. The number of anilines is 3. The van der Waals surface area contributed by atoms with Crippen LogP contribution in [0.2, 0.25) is 5.02 Å². The number of nitrogens with one attached hydrogen (secondary N) is 2. The van der Waals surface area contributed by atoms with Gasteiger partial charge in [-0.2, -0.15) is 0 Å². The number of aromatic nitrogens is 2. The number of rotatable bonds is 8. The van der Waals surface area contributed by atoms with E-state index in [1.165, 1.54) is 12.4 Å². The van der Waals surface area contributed by atoms with Gasteiger partial charge in [-0.1, -0.05) is 39.7 Å². The minimum Gasteiger partial charge on any atom is -0.489 e. The Morgan fingerprint density at radius 1 is 1.29 bits per heavy atom. The van der Waals surface area contributed by atoms with Crippen molar-refractivity contribution in [2.45, 2.75) is 13.0 Å². The molecular weight excluding hydrogens is 524 g/mol. The molecule has 0 saturated carbocycles. The Hall–Kier alpha value is -2.72. The Kier molecular flexibility index (Phi) is 8.34. The SMILES string of the molecule is Cc1ccc(Nc2ncnc3cc(OCC4COCCO4)c(NC(=O)C=CCBr)cc23)cc1Cl. The van der Waals surface area contributed by atoms with Gasteiger partial charge in [-0.15, -0.1) is 0 Å². The standard InChI is InChI=1S/C24H24BrClN4O4/c1-15-4-5-16(9-19(15)26)29-24-18-10-21(30-23(31)3-2-6-25)22(11-20(18)27-14-28-24)34-13-17-12-32-7-8-33-17/h2-5,9-11,14,17H,6-8,12-13H2,1H3,(H,30,31)(H,27,28,29). The summed E-state index contributed by atoms with van der Waals surface area (Å²) in [5.74, 6) is 0.773. The molecule has 1 amide bonds. The summed E-state index contributed by atoms with van der Waals surface area (Å²) in [6.07, 6.45) is 4.45. The van der Waals surface area contributed by atoms with Crippen LogP contribution in [0.15, 0.2) is 48.8 Å². The molecule has 2 N–H and O–H groups in total. The highest BCUT2D eigenvalue weighted by atomic mass is 79.9. The van der Waals surface area contributed by atoms with E-state index in [4.69, 9.17) is 25.8 Å². The number of aryl methyl sites for hydroxylation is 1. The van der Waals surface area contributed by atoms with E-state index in [-0.39, 0.29) is 18.6 Å². The van der Waals surface area contributed by atoms with Crippen molar-refractivity contribution < 1.29 is 19.0 Å². The highest BCUT2D eigenvalue weighted by molar-refractivity contribution is 9.09. The van der Waals surface area contributed by atoms with Gasteiger partial charge in [0.1, 0.15) is 30.6 Å². The van der Waals surface area contributed by atoms with E-state index < -0.39 is 0 Å². The van der Waals surface area contributed by atoms with Gasteiger partial charge in [0.05, 0.1) is 31.0 Å². The van der Waals surface area contributed by atoms with Crippen molar-refractivity contribution in [2.24, 2.45) is 0 Å². The van der Waals surface area contributed by atoms with Crippen LogP contribution in [-0.4, -0.2) is 53.7 Å². The number of carbonyl (C=O) groups excluding carboxylic acids is 1. The number of fused-ring (bicyclic) bond motifs is 1. The third-order valence-electron chi connectivity index (χ3n) is 5.10. The third kappa shape index (κ3) is 6.24. The second-order valence-electron chi connectivity index (χ2n) is 7.60. The van der Waals surface area contributed by atoms with Gasteiger partial charge in [0, 0.05) is 33.6 Å². The van der Waals surface area contributed by atoms with Crippen molar-refractivity contribution in [3.8, 4) is 5.75 Å². The first kappa shape index (κ1) is 24.4. The van der Waals surface area contributed by atoms with Gasteiger partial charge in [-0.25, -0.2) is 9.97 Å². The molecule has 34 heavy (non-hydrogen) atoms. The molecule has 0 aliphatic carbocycles. The monoisotopic (exact) mass is 546 g/mol. The minimum absolute atomic E-state index is 0.185. The smallest absolute Gasteiger partial charge is 0.248 e. The molecule has 8 nitrogen and oxygen atoms in total. The van der Waals surface area contributed by atoms with Crippen LogP contribution in [0.1, 0.15) is 5.56 Å². The van der Waals surface area contributed by atoms with E-state index in [0.717, 1.165) is 11.3 Å². The summed E-state index contributed by atoms with van der Waals surface area (Å²) in [6.45, 7) is 3.78. The van der Waals surface area contributed by atoms with Gasteiger partial charge in [0.15, 0.2) is 0 Å². The number of hydrogen-bond acceptors (Lipinski definition) is 7. The van der Waals surface area contributed by atoms with Crippen LogP contribution in [0, 0.1) is 6.92 Å². The summed E-state index contributed by atoms with van der Waals surface area (Å²) >= 11 is 9.55. The normalized spacial score (nSPS) is 16.0. The van der Waals surface area contributed by atoms with E-state index in [0.29, 0.717) is 58.3 Å². The molecule has 2 heterocycles. The first-order chi connectivity index (χ1) is 16.5. The second-order valence-corrected chi connectivity index (χ2v) is 8.66. The Labute approximate surface area is 210 Å². The molecule has 0 spiro atoms. The Bertz CT molecular complexity index is 1200. The fourth-order valence-corrected chi connectivity index (χ4v) is 3.72. The predicted octanol–water partition coefficient (Wildman–Crippen LogP) is 5.02. The fourth-order valence-electron chi connectivity index (χ4n) is 3.35. The highest BCUT2D eigenvalue weighted by Crippen LogP contribution is 2.34. The van der Waals surface area contributed by atoms with Gasteiger partial charge in [0.2, 0.25) is 5.91 Å². The van der Waals surface area contributed by atoms with Crippen LogP contribution in [0.25, 0.3) is 10.9 Å². The van der Waals surface area contributed by atoms with Crippen LogP contribution < -0.4 is 15.4 Å². The van der Waals surface area contributed by atoms with Crippen LogP contribution in [0.4, 0.5) is 17.2 Å². The molecule has 1 aliphatic rings. The largest absolute Gasteiger partial charge is 0.489 e. The first-order valence-corrected chi connectivity index (χ1v) is 12.2. The van der Waals surface area contributed by atoms with Crippen molar-refractivity contribution in [1.82, 2.24) is 9.97 Å². The number of benzene rings is 2. The molecule has 0 radical (unpaired) electrons. The number of hydrogen-bond donors (Lipinski definition) is 2. The zero-order chi connectivity index (χ0) is 23.9. The molecule has 3 aromatic rings. The van der Waals surface area contributed by atoms with E-state index >= 15 is 0 Å². The number of carbonyl (C=O) groups is 1. The summed E-state index contributed by atoms with van der Waals surface area (Å²) in [7, 11) is 0. The lowest BCUT2D eigenvalue weighted by Gasteiger charge is -2.23. The second kappa shape index (κ2) is 11.6. The third-order valence-corrected chi connectivity index (χ3v) is 5.88. The lowest BCUT2D eigenvalue weighted by atomic mass is 10.1. The predicted molar refractivity (Wildman–Crippen MR) is 137 cm³/mol. The molecule has 2 aromatic carbocycles. The van der Waals surface area contributed by atoms with Crippen molar-refractivity contribution in [1.29, 1.82) is 0 Å². The Balaban J connectivity index is 1.66. The maximum Gasteiger partial charge on any atom is 0.248 e. The van der Waals surface area contributed by atoms with Crippen LogP contribution in [0.3, 0.4) is 0 Å². The molecule has 1 atom stereocenters. The quantitative estimate of drug-likeness (QED) is 0.302. The van der Waals surface area contributed by atoms with Gasteiger partial charge >= 0.3 is 0 Å². The summed E-state index contributed by atoms with van der Waals surface area (Å²) in [5.41, 5.74) is 2.92. The number of alkyl halides is 1. The molecule has 0 bridgehead atoms. The first-order valence-electron chi connectivity index (χ1n) is 10.7. The van der Waals surface area contributed by atoms with Crippen LogP contribution in [-0.2, 0) is 14.3 Å². The number of amides is 1. The van der Waals surface area contributed by atoms with Gasteiger partial charge in [-0.3, -0.25) is 4.79 Å². The number of nitrogens with zero attached hydrogens (tertiary/aromatic N) is 2. The van der Waals surface area contributed by atoms with E-state index in [1.807, 2.05) is 25.1 Å². The molecule has 4 rings (SSSR count). The molecular formula is C24H24BrClN4O4. The van der Waals surface area contributed by atoms with Gasteiger partial charge in [-0.05, 0) is 30.7 Å². The lowest BCUT2D eigenvalue weighted by Crippen LogP contribution is -2.33. The van der Waals surface area contributed by atoms with Crippen molar-refractivity contribution >= 4 is 61.5 Å². The average molecular weight is 548 g/mol. The molecule has 10 heteroatoms. The number of ether oxygens (including phenoxy) is 3. The van der Waals surface area contributed by atoms with Crippen LogP contribution in [0.5, 0.6) is 5.75 Å². The molecule has 1 aromatic heterocycles. The fraction of sp³-hybridized carbons (Fsp3) is 0.292. The molecule has 1 fully saturated rings. The lowest BCUT2D eigenvalue weighted by molar-refractivity contribution is -0.112. The Morgan fingerprint density at radius 3 is 2.94 bits per heavy atom. The average Bonchev–Trinajstić information content (AvgIpc) is 2.84. The number of halogens is 2. The maximum absolute atomic E-state index is 12.4. The highest BCUT2D eigenvalue weighted by Gasteiger charge is 2.18. The maximum atomic E-state index is 12.4. The number of allylic oxidation sites excluding steroid dienone is 1. The molecule has 1 saturated heterocycles. The van der Waals surface area contributed by atoms with E-state index in [1.54, 1.807) is 18.2 Å². The van der Waals surface area contributed by atoms with E-state index in [2.05, 4.69) is 36.5 Å². The van der Waals surface area contributed by atoms with Crippen molar-refractivity contribution in [3.63, 3.8) is 0 Å². The molecule has 1 unspecified atom stereocenters.